The number of piperidine rings is 1. The molecule has 1 aromatic carbocycles. The molecular formula is C15H15FN2O2S. The third kappa shape index (κ3) is 1.97. The zero-order valence-electron chi connectivity index (χ0n) is 11.7. The number of rotatable bonds is 3. The van der Waals surface area contributed by atoms with Crippen LogP contribution in [0.2, 0.25) is 0 Å². The van der Waals surface area contributed by atoms with E-state index in [2.05, 4.69) is 0 Å². The topological polar surface area (TPSA) is 63.4 Å². The molecule has 6 heteroatoms. The van der Waals surface area contributed by atoms with Crippen LogP contribution in [0.1, 0.15) is 25.0 Å². The zero-order chi connectivity index (χ0) is 15.5. The Morgan fingerprint density at radius 1 is 1.33 bits per heavy atom. The fourth-order valence-corrected chi connectivity index (χ4v) is 3.29. The monoisotopic (exact) mass is 306 g/mol. The zero-order valence-corrected chi connectivity index (χ0v) is 12.5. The standard InChI is InChI=1S/C15H15FN2O2S/c1-15(2)10-11(15)14(20)18(13(10)19)6-8-4-3-7(12(17)21)5-9(8)16/h3-5,10-11H,6H2,1-2H3,(H2,17,21). The number of hydrogen-bond donors (Lipinski definition) is 1. The molecule has 1 aromatic rings. The molecule has 2 aliphatic rings. The minimum absolute atomic E-state index is 0.0375. The Morgan fingerprint density at radius 2 is 1.90 bits per heavy atom. The lowest BCUT2D eigenvalue weighted by Crippen LogP contribution is -2.35. The van der Waals surface area contributed by atoms with Crippen LogP contribution in [0.15, 0.2) is 18.2 Å². The highest BCUT2D eigenvalue weighted by molar-refractivity contribution is 7.80. The molecule has 1 aliphatic carbocycles. The van der Waals surface area contributed by atoms with Crippen molar-refractivity contribution in [1.29, 1.82) is 0 Å². The number of amides is 2. The first-order valence-corrected chi connectivity index (χ1v) is 7.09. The number of fused-ring (bicyclic) bond motifs is 1. The van der Waals surface area contributed by atoms with Crippen LogP contribution in [-0.2, 0) is 16.1 Å². The molecule has 0 spiro atoms. The molecule has 2 fully saturated rings. The van der Waals surface area contributed by atoms with Crippen molar-refractivity contribution in [3.63, 3.8) is 0 Å². The molecule has 0 aromatic heterocycles. The Balaban J connectivity index is 1.81. The van der Waals surface area contributed by atoms with Gasteiger partial charge in [0.25, 0.3) is 0 Å². The Hall–Kier alpha value is -1.82. The molecule has 1 saturated heterocycles. The number of carbonyl (C=O) groups is 2. The highest BCUT2D eigenvalue weighted by atomic mass is 32.1. The second kappa shape index (κ2) is 4.34. The fraction of sp³-hybridized carbons (Fsp3) is 0.400. The third-order valence-corrected chi connectivity index (χ3v) is 4.79. The van der Waals surface area contributed by atoms with Crippen LogP contribution in [0.25, 0.3) is 0 Å². The SMILES string of the molecule is CC1(C)C2C(=O)N(Cc3ccc(C(N)=S)cc3F)C(=O)C21. The average molecular weight is 306 g/mol. The molecule has 2 N–H and O–H groups in total. The van der Waals surface area contributed by atoms with Crippen LogP contribution in [0.3, 0.4) is 0 Å². The van der Waals surface area contributed by atoms with Crippen molar-refractivity contribution < 1.29 is 14.0 Å². The molecule has 1 aliphatic heterocycles. The molecule has 1 heterocycles. The van der Waals surface area contributed by atoms with Crippen molar-refractivity contribution in [2.24, 2.45) is 23.0 Å². The van der Waals surface area contributed by atoms with Gasteiger partial charge in [-0.1, -0.05) is 38.2 Å². The van der Waals surface area contributed by atoms with E-state index in [1.54, 1.807) is 6.07 Å². The van der Waals surface area contributed by atoms with Gasteiger partial charge in [-0.05, 0) is 11.5 Å². The Bertz CT molecular complexity index is 662. The van der Waals surface area contributed by atoms with E-state index in [9.17, 15) is 14.0 Å². The van der Waals surface area contributed by atoms with Gasteiger partial charge in [0.1, 0.15) is 10.8 Å². The number of carbonyl (C=O) groups excluding carboxylic acids is 2. The molecule has 4 nitrogen and oxygen atoms in total. The predicted molar refractivity (Wildman–Crippen MR) is 78.6 cm³/mol. The van der Waals surface area contributed by atoms with E-state index >= 15 is 0 Å². The van der Waals surface area contributed by atoms with E-state index in [4.69, 9.17) is 18.0 Å². The quantitative estimate of drug-likeness (QED) is 0.680. The highest BCUT2D eigenvalue weighted by Gasteiger charge is 2.72. The van der Waals surface area contributed by atoms with Crippen molar-refractivity contribution in [3.05, 3.63) is 35.1 Å². The van der Waals surface area contributed by atoms with Crippen LogP contribution < -0.4 is 5.73 Å². The number of likely N-dealkylation sites (tertiary alicyclic amines) is 1. The van der Waals surface area contributed by atoms with Gasteiger partial charge in [0, 0.05) is 11.1 Å². The third-order valence-electron chi connectivity index (χ3n) is 4.56. The molecule has 2 unspecified atom stereocenters. The Kier molecular flexibility index (Phi) is 2.92. The number of thiocarbonyl (C=S) groups is 1. The van der Waals surface area contributed by atoms with Gasteiger partial charge in [-0.15, -0.1) is 0 Å². The molecule has 0 bridgehead atoms. The normalized spacial score (nSPS) is 26.0. The summed E-state index contributed by atoms with van der Waals surface area (Å²) in [6.45, 7) is 3.78. The molecule has 3 rings (SSSR count). The van der Waals surface area contributed by atoms with E-state index in [1.807, 2.05) is 13.8 Å². The molecule has 0 radical (unpaired) electrons. The number of halogens is 1. The Labute approximate surface area is 127 Å². The first-order chi connectivity index (χ1) is 9.75. The number of benzene rings is 1. The summed E-state index contributed by atoms with van der Waals surface area (Å²) < 4.78 is 14.0. The van der Waals surface area contributed by atoms with Crippen LogP contribution in [0.4, 0.5) is 4.39 Å². The van der Waals surface area contributed by atoms with Crippen molar-refractivity contribution in [2.45, 2.75) is 20.4 Å². The summed E-state index contributed by atoms with van der Waals surface area (Å²) in [5, 5.41) is 0. The first kappa shape index (κ1) is 14.1. The van der Waals surface area contributed by atoms with Gasteiger partial charge in [-0.3, -0.25) is 14.5 Å². The van der Waals surface area contributed by atoms with E-state index < -0.39 is 5.82 Å². The highest BCUT2D eigenvalue weighted by Crippen LogP contribution is 2.63. The van der Waals surface area contributed by atoms with Crippen LogP contribution >= 0.6 is 12.2 Å². The molecule has 21 heavy (non-hydrogen) atoms. The summed E-state index contributed by atoms with van der Waals surface area (Å²) in [5.41, 5.74) is 5.90. The minimum atomic E-state index is -0.513. The van der Waals surface area contributed by atoms with E-state index in [0.717, 1.165) is 4.90 Å². The van der Waals surface area contributed by atoms with E-state index in [1.165, 1.54) is 12.1 Å². The van der Waals surface area contributed by atoms with Gasteiger partial charge in [0.15, 0.2) is 0 Å². The molecular weight excluding hydrogens is 291 g/mol. The van der Waals surface area contributed by atoms with E-state index in [0.29, 0.717) is 5.56 Å². The summed E-state index contributed by atoms with van der Waals surface area (Å²) >= 11 is 4.78. The lowest BCUT2D eigenvalue weighted by atomic mass is 10.0. The first-order valence-electron chi connectivity index (χ1n) is 6.68. The van der Waals surface area contributed by atoms with Gasteiger partial charge in [-0.25, -0.2) is 4.39 Å². The summed E-state index contributed by atoms with van der Waals surface area (Å²) in [6, 6.07) is 4.34. The lowest BCUT2D eigenvalue weighted by molar-refractivity contribution is -0.143. The van der Waals surface area contributed by atoms with Gasteiger partial charge >= 0.3 is 0 Å². The van der Waals surface area contributed by atoms with Crippen molar-refractivity contribution in [1.82, 2.24) is 4.90 Å². The summed E-state index contributed by atoms with van der Waals surface area (Å²) in [6.07, 6.45) is 0. The minimum Gasteiger partial charge on any atom is -0.389 e. The number of hydrogen-bond acceptors (Lipinski definition) is 3. The van der Waals surface area contributed by atoms with Gasteiger partial charge in [0.2, 0.25) is 11.8 Å². The van der Waals surface area contributed by atoms with Crippen LogP contribution in [0.5, 0.6) is 0 Å². The number of nitrogens with two attached hydrogens (primary N) is 1. The van der Waals surface area contributed by atoms with Gasteiger partial charge in [0.05, 0.1) is 18.4 Å². The predicted octanol–water partition coefficient (Wildman–Crippen LogP) is 1.60. The fourth-order valence-electron chi connectivity index (χ4n) is 3.16. The number of imide groups is 1. The molecule has 2 amide bonds. The maximum Gasteiger partial charge on any atom is 0.233 e. The maximum atomic E-state index is 14.0. The van der Waals surface area contributed by atoms with Crippen LogP contribution in [0, 0.1) is 23.1 Å². The summed E-state index contributed by atoms with van der Waals surface area (Å²) in [5.74, 6) is -1.41. The summed E-state index contributed by atoms with van der Waals surface area (Å²) in [7, 11) is 0. The summed E-state index contributed by atoms with van der Waals surface area (Å²) in [4.78, 5) is 25.7. The largest absolute Gasteiger partial charge is 0.389 e. The van der Waals surface area contributed by atoms with Gasteiger partial charge in [-0.2, -0.15) is 0 Å². The number of nitrogens with zero attached hydrogens (tertiary/aromatic N) is 1. The molecule has 110 valence electrons. The second-order valence-electron chi connectivity index (χ2n) is 6.21. The van der Waals surface area contributed by atoms with Crippen molar-refractivity contribution in [3.8, 4) is 0 Å². The van der Waals surface area contributed by atoms with Gasteiger partial charge < -0.3 is 5.73 Å². The average Bonchev–Trinajstić information content (AvgIpc) is 2.87. The van der Waals surface area contributed by atoms with E-state index in [-0.39, 0.29) is 46.2 Å². The lowest BCUT2D eigenvalue weighted by Gasteiger charge is -2.20. The maximum absolute atomic E-state index is 14.0. The van der Waals surface area contributed by atoms with Crippen LogP contribution in [-0.4, -0.2) is 21.7 Å². The Morgan fingerprint density at radius 3 is 2.38 bits per heavy atom. The molecule has 1 saturated carbocycles. The second-order valence-corrected chi connectivity index (χ2v) is 6.65. The van der Waals surface area contributed by atoms with Crippen molar-refractivity contribution >= 4 is 29.0 Å². The molecule has 2 atom stereocenters. The van der Waals surface area contributed by atoms with Crippen molar-refractivity contribution in [2.75, 3.05) is 0 Å². The smallest absolute Gasteiger partial charge is 0.233 e.